The monoisotopic (exact) mass is 343 g/mol. The number of para-hydroxylation sites is 1. The summed E-state index contributed by atoms with van der Waals surface area (Å²) in [5, 5.41) is 8.25. The molecule has 4 rings (SSSR count). The van der Waals surface area contributed by atoms with Gasteiger partial charge in [0.05, 0.1) is 11.6 Å². The van der Waals surface area contributed by atoms with E-state index in [-0.39, 0.29) is 12.5 Å². The highest BCUT2D eigenvalue weighted by molar-refractivity contribution is 5.79. The number of carbonyl (C=O) groups is 1. The van der Waals surface area contributed by atoms with E-state index in [2.05, 4.69) is 15.2 Å². The maximum atomic E-state index is 12.7. The Kier molecular flexibility index (Phi) is 4.94. The minimum absolute atomic E-state index is 0.120. The number of nitrogens with zero attached hydrogens (tertiary/aromatic N) is 5. The molecule has 1 aromatic carbocycles. The summed E-state index contributed by atoms with van der Waals surface area (Å²) in [4.78, 5) is 17.1. The van der Waals surface area contributed by atoms with Crippen LogP contribution in [0.2, 0.25) is 0 Å². The lowest BCUT2D eigenvalue weighted by molar-refractivity contribution is -0.131. The molecule has 1 atom stereocenters. The second-order valence-electron chi connectivity index (χ2n) is 6.91. The van der Waals surface area contributed by atoms with Crippen molar-refractivity contribution >= 4 is 16.9 Å². The summed E-state index contributed by atoms with van der Waals surface area (Å²) in [7, 11) is 0. The minimum Gasteiger partial charge on any atom is -0.377 e. The van der Waals surface area contributed by atoms with Crippen molar-refractivity contribution in [1.29, 1.82) is 0 Å². The van der Waals surface area contributed by atoms with E-state index in [1.165, 1.54) is 12.8 Å². The standard InChI is InChI=1S/C18H25N5O2/c24-18(14-23-17-7-2-1-6-16(17)19-20-23)22-9-4-8-21(10-11-22)13-15-5-3-12-25-15/h1-2,6-7,15H,3-5,8-14H2. The van der Waals surface area contributed by atoms with Crippen LogP contribution in [-0.2, 0) is 16.1 Å². The summed E-state index contributed by atoms with van der Waals surface area (Å²) in [6, 6.07) is 7.74. The fourth-order valence-electron chi connectivity index (χ4n) is 3.74. The lowest BCUT2D eigenvalue weighted by atomic mass is 10.2. The zero-order valence-electron chi connectivity index (χ0n) is 14.5. The molecule has 1 amide bonds. The zero-order chi connectivity index (χ0) is 17.1. The Bertz CT molecular complexity index is 725. The van der Waals surface area contributed by atoms with E-state index in [1.54, 1.807) is 4.68 Å². The molecule has 2 aromatic rings. The molecule has 7 nitrogen and oxygen atoms in total. The summed E-state index contributed by atoms with van der Waals surface area (Å²) >= 11 is 0. The van der Waals surface area contributed by atoms with Gasteiger partial charge in [-0.3, -0.25) is 9.69 Å². The van der Waals surface area contributed by atoms with Gasteiger partial charge in [-0.25, -0.2) is 4.68 Å². The molecule has 0 aliphatic carbocycles. The highest BCUT2D eigenvalue weighted by Gasteiger charge is 2.23. The Balaban J connectivity index is 1.34. The van der Waals surface area contributed by atoms with Gasteiger partial charge in [0, 0.05) is 32.8 Å². The van der Waals surface area contributed by atoms with Gasteiger partial charge in [0.1, 0.15) is 12.1 Å². The van der Waals surface area contributed by atoms with Crippen molar-refractivity contribution in [2.45, 2.75) is 31.9 Å². The summed E-state index contributed by atoms with van der Waals surface area (Å²) in [6.45, 7) is 5.70. The van der Waals surface area contributed by atoms with E-state index in [4.69, 9.17) is 4.74 Å². The molecule has 2 fully saturated rings. The summed E-state index contributed by atoms with van der Waals surface area (Å²) in [5.41, 5.74) is 1.74. The van der Waals surface area contributed by atoms with Crippen LogP contribution < -0.4 is 0 Å². The van der Waals surface area contributed by atoms with Gasteiger partial charge in [-0.2, -0.15) is 0 Å². The first kappa shape index (κ1) is 16.5. The minimum atomic E-state index is 0.120. The number of ether oxygens (including phenoxy) is 1. The average Bonchev–Trinajstić information content (AvgIpc) is 3.21. The Morgan fingerprint density at radius 2 is 2.08 bits per heavy atom. The van der Waals surface area contributed by atoms with Crippen LogP contribution >= 0.6 is 0 Å². The second kappa shape index (κ2) is 7.49. The highest BCUT2D eigenvalue weighted by Crippen LogP contribution is 2.15. The SMILES string of the molecule is O=C(Cn1nnc2ccccc21)N1CCCN(CC2CCCO2)CC1. The van der Waals surface area contributed by atoms with Gasteiger partial charge in [-0.15, -0.1) is 5.10 Å². The van der Waals surface area contributed by atoms with Crippen molar-refractivity contribution in [3.05, 3.63) is 24.3 Å². The number of aromatic nitrogens is 3. The van der Waals surface area contributed by atoms with Crippen LogP contribution in [0.4, 0.5) is 0 Å². The molecule has 0 bridgehead atoms. The lowest BCUT2D eigenvalue weighted by Crippen LogP contribution is -2.38. The van der Waals surface area contributed by atoms with Crippen molar-refractivity contribution in [1.82, 2.24) is 24.8 Å². The first-order valence-electron chi connectivity index (χ1n) is 9.19. The van der Waals surface area contributed by atoms with Crippen molar-refractivity contribution in [2.24, 2.45) is 0 Å². The van der Waals surface area contributed by atoms with Gasteiger partial charge < -0.3 is 9.64 Å². The van der Waals surface area contributed by atoms with E-state index in [0.717, 1.165) is 56.8 Å². The molecule has 0 saturated carbocycles. The maximum absolute atomic E-state index is 12.7. The molecule has 2 saturated heterocycles. The third kappa shape index (κ3) is 3.82. The van der Waals surface area contributed by atoms with E-state index in [0.29, 0.717) is 6.10 Å². The predicted octanol–water partition coefficient (Wildman–Crippen LogP) is 1.14. The molecule has 0 radical (unpaired) electrons. The molecule has 1 unspecified atom stereocenters. The smallest absolute Gasteiger partial charge is 0.244 e. The fraction of sp³-hybridized carbons (Fsp3) is 0.611. The number of fused-ring (bicyclic) bond motifs is 1. The average molecular weight is 343 g/mol. The summed E-state index contributed by atoms with van der Waals surface area (Å²) in [6.07, 6.45) is 3.73. The Hall–Kier alpha value is -1.99. The first-order chi connectivity index (χ1) is 12.3. The van der Waals surface area contributed by atoms with Gasteiger partial charge in [0.15, 0.2) is 0 Å². The summed E-state index contributed by atoms with van der Waals surface area (Å²) < 4.78 is 7.44. The van der Waals surface area contributed by atoms with Crippen molar-refractivity contribution in [3.8, 4) is 0 Å². The number of benzene rings is 1. The molecule has 0 N–H and O–H groups in total. The molecule has 2 aliphatic rings. The lowest BCUT2D eigenvalue weighted by Gasteiger charge is -2.24. The van der Waals surface area contributed by atoms with Crippen LogP contribution in [0.25, 0.3) is 11.0 Å². The molecule has 2 aliphatic heterocycles. The van der Waals surface area contributed by atoms with Crippen molar-refractivity contribution < 1.29 is 9.53 Å². The van der Waals surface area contributed by atoms with Crippen LogP contribution in [-0.4, -0.2) is 76.1 Å². The highest BCUT2D eigenvalue weighted by atomic mass is 16.5. The Morgan fingerprint density at radius 1 is 1.16 bits per heavy atom. The normalized spacial score (nSPS) is 22.4. The van der Waals surface area contributed by atoms with Crippen LogP contribution in [0.5, 0.6) is 0 Å². The Morgan fingerprint density at radius 3 is 2.96 bits per heavy atom. The molecule has 0 spiro atoms. The van der Waals surface area contributed by atoms with Crippen LogP contribution in [0.15, 0.2) is 24.3 Å². The number of amides is 1. The van der Waals surface area contributed by atoms with Gasteiger partial charge in [0.25, 0.3) is 0 Å². The van der Waals surface area contributed by atoms with Crippen molar-refractivity contribution in [2.75, 3.05) is 39.3 Å². The molecule has 7 heteroatoms. The maximum Gasteiger partial charge on any atom is 0.244 e. The number of hydrogen-bond donors (Lipinski definition) is 0. The predicted molar refractivity (Wildman–Crippen MR) is 94.1 cm³/mol. The Labute approximate surface area is 147 Å². The zero-order valence-corrected chi connectivity index (χ0v) is 14.5. The van der Waals surface area contributed by atoms with Gasteiger partial charge in [0.2, 0.25) is 5.91 Å². The fourth-order valence-corrected chi connectivity index (χ4v) is 3.74. The second-order valence-corrected chi connectivity index (χ2v) is 6.91. The molecular formula is C18H25N5O2. The van der Waals surface area contributed by atoms with E-state index >= 15 is 0 Å². The van der Waals surface area contributed by atoms with Crippen LogP contribution in [0.3, 0.4) is 0 Å². The number of carbonyl (C=O) groups excluding carboxylic acids is 1. The first-order valence-corrected chi connectivity index (χ1v) is 9.19. The summed E-state index contributed by atoms with van der Waals surface area (Å²) in [5.74, 6) is 0.120. The molecule has 25 heavy (non-hydrogen) atoms. The van der Waals surface area contributed by atoms with E-state index < -0.39 is 0 Å². The quantitative estimate of drug-likeness (QED) is 0.833. The third-order valence-electron chi connectivity index (χ3n) is 5.13. The molecule has 134 valence electrons. The number of rotatable bonds is 4. The van der Waals surface area contributed by atoms with Gasteiger partial charge in [-0.1, -0.05) is 17.3 Å². The van der Waals surface area contributed by atoms with Gasteiger partial charge >= 0.3 is 0 Å². The van der Waals surface area contributed by atoms with Crippen molar-refractivity contribution in [3.63, 3.8) is 0 Å². The van der Waals surface area contributed by atoms with Crippen LogP contribution in [0, 0.1) is 0 Å². The van der Waals surface area contributed by atoms with E-state index in [1.807, 2.05) is 29.2 Å². The topological polar surface area (TPSA) is 63.5 Å². The molecule has 3 heterocycles. The van der Waals surface area contributed by atoms with Crippen LogP contribution in [0.1, 0.15) is 19.3 Å². The molecule has 1 aromatic heterocycles. The number of hydrogen-bond acceptors (Lipinski definition) is 5. The van der Waals surface area contributed by atoms with E-state index in [9.17, 15) is 4.79 Å². The molecular weight excluding hydrogens is 318 g/mol. The largest absolute Gasteiger partial charge is 0.377 e. The van der Waals surface area contributed by atoms with Gasteiger partial charge in [-0.05, 0) is 37.9 Å². The third-order valence-corrected chi connectivity index (χ3v) is 5.13.